The number of aryl methyl sites for hydroxylation is 2. The van der Waals surface area contributed by atoms with Gasteiger partial charge >= 0.3 is 0 Å². The molecule has 1 fully saturated rings. The molecule has 0 radical (unpaired) electrons. The Balaban J connectivity index is 1.35. The summed E-state index contributed by atoms with van der Waals surface area (Å²) < 4.78 is 2.22. The molecule has 1 aliphatic heterocycles. The van der Waals surface area contributed by atoms with Crippen LogP contribution in [-0.2, 0) is 13.6 Å². The Morgan fingerprint density at radius 3 is 2.96 bits per heavy atom. The van der Waals surface area contributed by atoms with Gasteiger partial charge in [-0.3, -0.25) is 4.90 Å². The first kappa shape index (κ1) is 16.1. The molecule has 1 N–H and O–H groups in total. The molecule has 3 heterocycles. The number of para-hydroxylation sites is 2. The summed E-state index contributed by atoms with van der Waals surface area (Å²) in [4.78, 5) is 11.7. The highest BCUT2D eigenvalue weighted by Gasteiger charge is 2.23. The summed E-state index contributed by atoms with van der Waals surface area (Å²) in [6.45, 7) is 6.25. The van der Waals surface area contributed by atoms with Crippen LogP contribution >= 0.6 is 0 Å². The molecule has 3 aromatic rings. The van der Waals surface area contributed by atoms with Crippen LogP contribution in [-0.4, -0.2) is 39.1 Å². The van der Waals surface area contributed by atoms with Crippen LogP contribution < -0.4 is 5.32 Å². The smallest absolute Gasteiger partial charge is 0.126 e. The van der Waals surface area contributed by atoms with Gasteiger partial charge in [-0.05, 0) is 55.6 Å². The number of imidazole rings is 1. The molecular formula is C20H25N5. The van der Waals surface area contributed by atoms with Gasteiger partial charge in [-0.2, -0.15) is 0 Å². The highest BCUT2D eigenvalue weighted by atomic mass is 15.2. The van der Waals surface area contributed by atoms with Crippen molar-refractivity contribution in [3.8, 4) is 0 Å². The second-order valence-corrected chi connectivity index (χ2v) is 7.06. The molecule has 4 rings (SSSR count). The third-order valence-corrected chi connectivity index (χ3v) is 5.10. The van der Waals surface area contributed by atoms with E-state index in [1.165, 1.54) is 17.5 Å². The van der Waals surface area contributed by atoms with Gasteiger partial charge in [0.2, 0.25) is 0 Å². The number of hydrogen-bond acceptors (Lipinski definition) is 4. The first-order valence-corrected chi connectivity index (χ1v) is 8.98. The average Bonchev–Trinajstić information content (AvgIpc) is 3.19. The second kappa shape index (κ2) is 6.84. The molecule has 1 aliphatic rings. The zero-order chi connectivity index (χ0) is 17.2. The number of rotatable bonds is 5. The van der Waals surface area contributed by atoms with E-state index in [9.17, 15) is 0 Å². The van der Waals surface area contributed by atoms with Crippen LogP contribution in [0.5, 0.6) is 0 Å². The summed E-state index contributed by atoms with van der Waals surface area (Å²) >= 11 is 0. The Bertz CT molecular complexity index is 869. The summed E-state index contributed by atoms with van der Waals surface area (Å²) in [5.74, 6) is 2.79. The fraction of sp³-hybridized carbons (Fsp3) is 0.400. The van der Waals surface area contributed by atoms with E-state index in [0.29, 0.717) is 5.92 Å². The number of likely N-dealkylation sites (tertiary alicyclic amines) is 1. The maximum absolute atomic E-state index is 4.80. The van der Waals surface area contributed by atoms with Gasteiger partial charge in [0.1, 0.15) is 11.6 Å². The van der Waals surface area contributed by atoms with Gasteiger partial charge in [-0.1, -0.05) is 12.1 Å². The number of nitrogens with zero attached hydrogens (tertiary/aromatic N) is 4. The monoisotopic (exact) mass is 335 g/mol. The molecule has 5 heteroatoms. The molecule has 130 valence electrons. The first-order chi connectivity index (χ1) is 12.2. The van der Waals surface area contributed by atoms with Gasteiger partial charge in [0.05, 0.1) is 17.6 Å². The van der Waals surface area contributed by atoms with Crippen molar-refractivity contribution in [2.75, 3.05) is 25.0 Å². The van der Waals surface area contributed by atoms with E-state index < -0.39 is 0 Å². The number of pyridine rings is 1. The number of hydrogen-bond donors (Lipinski definition) is 1. The quantitative estimate of drug-likeness (QED) is 0.778. The standard InChI is InChI=1S/C20H25N5/c1-15-7-9-21-19(11-15)22-12-16-8-10-25(13-16)14-20-23-17-5-3-4-6-18(17)24(20)2/h3-7,9,11,16H,8,10,12-14H2,1-2H3,(H,21,22). The lowest BCUT2D eigenvalue weighted by Crippen LogP contribution is -2.24. The van der Waals surface area contributed by atoms with Crippen LogP contribution in [0.1, 0.15) is 17.8 Å². The van der Waals surface area contributed by atoms with Gasteiger partial charge in [0, 0.05) is 26.3 Å². The molecule has 25 heavy (non-hydrogen) atoms. The minimum Gasteiger partial charge on any atom is -0.370 e. The van der Waals surface area contributed by atoms with E-state index in [1.807, 2.05) is 12.3 Å². The number of nitrogens with one attached hydrogen (secondary N) is 1. The topological polar surface area (TPSA) is 46.0 Å². The van der Waals surface area contributed by atoms with E-state index in [2.05, 4.69) is 64.1 Å². The lowest BCUT2D eigenvalue weighted by atomic mass is 10.1. The third kappa shape index (κ3) is 3.51. The predicted molar refractivity (Wildman–Crippen MR) is 102 cm³/mol. The summed E-state index contributed by atoms with van der Waals surface area (Å²) in [7, 11) is 2.11. The first-order valence-electron chi connectivity index (χ1n) is 8.98. The summed E-state index contributed by atoms with van der Waals surface area (Å²) in [6, 6.07) is 12.5. The third-order valence-electron chi connectivity index (χ3n) is 5.10. The van der Waals surface area contributed by atoms with Crippen molar-refractivity contribution in [3.63, 3.8) is 0 Å². The molecular weight excluding hydrogens is 310 g/mol. The van der Waals surface area contributed by atoms with Crippen molar-refractivity contribution < 1.29 is 0 Å². The van der Waals surface area contributed by atoms with Crippen molar-refractivity contribution in [1.82, 2.24) is 19.4 Å². The summed E-state index contributed by atoms with van der Waals surface area (Å²) in [6.07, 6.45) is 3.09. The molecule has 0 aliphatic carbocycles. The maximum Gasteiger partial charge on any atom is 0.126 e. The average molecular weight is 335 g/mol. The van der Waals surface area contributed by atoms with Crippen molar-refractivity contribution in [1.29, 1.82) is 0 Å². The second-order valence-electron chi connectivity index (χ2n) is 7.06. The van der Waals surface area contributed by atoms with E-state index in [-0.39, 0.29) is 0 Å². The fourth-order valence-corrected chi connectivity index (χ4v) is 3.64. The molecule has 0 saturated carbocycles. The molecule has 1 unspecified atom stereocenters. The number of fused-ring (bicyclic) bond motifs is 1. The highest BCUT2D eigenvalue weighted by Crippen LogP contribution is 2.21. The number of benzene rings is 1. The SMILES string of the molecule is Cc1ccnc(NCC2CCN(Cc3nc4ccccc4n3C)C2)c1. The van der Waals surface area contributed by atoms with E-state index >= 15 is 0 Å². The Morgan fingerprint density at radius 2 is 2.12 bits per heavy atom. The largest absolute Gasteiger partial charge is 0.370 e. The van der Waals surface area contributed by atoms with Crippen molar-refractivity contribution in [2.45, 2.75) is 19.9 Å². The van der Waals surface area contributed by atoms with Crippen LogP contribution in [0.3, 0.4) is 0 Å². The van der Waals surface area contributed by atoms with Crippen molar-refractivity contribution >= 4 is 16.9 Å². The number of anilines is 1. The van der Waals surface area contributed by atoms with Crippen LogP contribution in [0.25, 0.3) is 11.0 Å². The number of aromatic nitrogens is 3. The van der Waals surface area contributed by atoms with Crippen molar-refractivity contribution in [3.05, 3.63) is 54.0 Å². The normalized spacial score (nSPS) is 18.1. The van der Waals surface area contributed by atoms with E-state index in [0.717, 1.165) is 43.3 Å². The van der Waals surface area contributed by atoms with Gasteiger partial charge in [-0.15, -0.1) is 0 Å². The fourth-order valence-electron chi connectivity index (χ4n) is 3.64. The molecule has 1 saturated heterocycles. The maximum atomic E-state index is 4.80. The molecule has 1 atom stereocenters. The van der Waals surface area contributed by atoms with E-state index in [1.54, 1.807) is 0 Å². The zero-order valence-corrected chi connectivity index (χ0v) is 14.9. The van der Waals surface area contributed by atoms with Gasteiger partial charge in [0.15, 0.2) is 0 Å². The minimum atomic E-state index is 0.664. The lowest BCUT2D eigenvalue weighted by Gasteiger charge is -2.16. The van der Waals surface area contributed by atoms with Crippen LogP contribution in [0.15, 0.2) is 42.6 Å². The van der Waals surface area contributed by atoms with E-state index in [4.69, 9.17) is 4.98 Å². The summed E-state index contributed by atoms with van der Waals surface area (Å²) in [5.41, 5.74) is 3.54. The molecule has 2 aromatic heterocycles. The minimum absolute atomic E-state index is 0.664. The molecule has 0 amide bonds. The molecule has 1 aromatic carbocycles. The Morgan fingerprint density at radius 1 is 1.24 bits per heavy atom. The predicted octanol–water partition coefficient (Wildman–Crippen LogP) is 3.21. The Labute approximate surface area is 148 Å². The Hall–Kier alpha value is -2.40. The van der Waals surface area contributed by atoms with Crippen molar-refractivity contribution in [2.24, 2.45) is 13.0 Å². The lowest BCUT2D eigenvalue weighted by molar-refractivity contribution is 0.308. The van der Waals surface area contributed by atoms with Gasteiger partial charge in [-0.25, -0.2) is 9.97 Å². The van der Waals surface area contributed by atoms with Crippen LogP contribution in [0, 0.1) is 12.8 Å². The molecule has 0 bridgehead atoms. The van der Waals surface area contributed by atoms with Gasteiger partial charge < -0.3 is 9.88 Å². The summed E-state index contributed by atoms with van der Waals surface area (Å²) in [5, 5.41) is 3.49. The Kier molecular flexibility index (Phi) is 4.40. The van der Waals surface area contributed by atoms with Gasteiger partial charge in [0.25, 0.3) is 0 Å². The zero-order valence-electron chi connectivity index (χ0n) is 14.9. The van der Waals surface area contributed by atoms with Crippen LogP contribution in [0.4, 0.5) is 5.82 Å². The highest BCUT2D eigenvalue weighted by molar-refractivity contribution is 5.75. The van der Waals surface area contributed by atoms with Crippen LogP contribution in [0.2, 0.25) is 0 Å². The molecule has 0 spiro atoms. The molecule has 5 nitrogen and oxygen atoms in total.